The number of rotatable bonds is 3. The summed E-state index contributed by atoms with van der Waals surface area (Å²) in [5.41, 5.74) is -0.894. The van der Waals surface area contributed by atoms with E-state index in [0.717, 1.165) is 11.0 Å². The molecular formula is C12H17N3O4. The van der Waals surface area contributed by atoms with Gasteiger partial charge in [0.1, 0.15) is 6.54 Å². The first kappa shape index (κ1) is 13.5. The molecule has 104 valence electrons. The summed E-state index contributed by atoms with van der Waals surface area (Å²) in [7, 11) is 1.38. The van der Waals surface area contributed by atoms with Crippen LogP contribution in [0.15, 0.2) is 21.9 Å². The number of nitrogens with zero attached hydrogens (tertiary/aromatic N) is 3. The summed E-state index contributed by atoms with van der Waals surface area (Å²) in [5.74, 6) is -0.0440. The van der Waals surface area contributed by atoms with Gasteiger partial charge in [0.15, 0.2) is 0 Å². The number of aliphatic hydroxyl groups is 1. The van der Waals surface area contributed by atoms with Crippen molar-refractivity contribution in [1.82, 2.24) is 14.0 Å². The van der Waals surface area contributed by atoms with Gasteiger partial charge in [0.2, 0.25) is 5.91 Å². The first-order valence-corrected chi connectivity index (χ1v) is 6.18. The third-order valence-electron chi connectivity index (χ3n) is 3.46. The quantitative estimate of drug-likeness (QED) is 0.714. The topological polar surface area (TPSA) is 84.5 Å². The van der Waals surface area contributed by atoms with Gasteiger partial charge in [-0.15, -0.1) is 0 Å². The third kappa shape index (κ3) is 2.76. The maximum absolute atomic E-state index is 12.0. The molecule has 0 bridgehead atoms. The monoisotopic (exact) mass is 267 g/mol. The lowest BCUT2D eigenvalue weighted by atomic mass is 10.1. The number of hydrogen-bond acceptors (Lipinski definition) is 4. The summed E-state index contributed by atoms with van der Waals surface area (Å²) < 4.78 is 2.18. The number of aromatic nitrogens is 2. The zero-order valence-electron chi connectivity index (χ0n) is 10.8. The summed E-state index contributed by atoms with van der Waals surface area (Å²) >= 11 is 0. The van der Waals surface area contributed by atoms with E-state index in [9.17, 15) is 14.4 Å². The minimum Gasteiger partial charge on any atom is -0.396 e. The molecule has 1 N–H and O–H groups in total. The maximum atomic E-state index is 12.0. The molecule has 1 aliphatic heterocycles. The van der Waals surface area contributed by atoms with E-state index in [2.05, 4.69) is 0 Å². The largest absolute Gasteiger partial charge is 0.396 e. The van der Waals surface area contributed by atoms with Crippen LogP contribution in [-0.2, 0) is 18.4 Å². The van der Waals surface area contributed by atoms with Crippen molar-refractivity contribution in [3.63, 3.8) is 0 Å². The average Bonchev–Trinajstić information content (AvgIpc) is 2.88. The van der Waals surface area contributed by atoms with Crippen molar-refractivity contribution in [2.75, 3.05) is 19.7 Å². The highest BCUT2D eigenvalue weighted by atomic mass is 16.3. The summed E-state index contributed by atoms with van der Waals surface area (Å²) in [4.78, 5) is 36.7. The first-order valence-electron chi connectivity index (χ1n) is 6.18. The molecular weight excluding hydrogens is 250 g/mol. The maximum Gasteiger partial charge on any atom is 0.331 e. The molecule has 2 rings (SSSR count). The number of amides is 1. The van der Waals surface area contributed by atoms with Crippen molar-refractivity contribution in [3.05, 3.63) is 33.1 Å². The van der Waals surface area contributed by atoms with Gasteiger partial charge < -0.3 is 10.0 Å². The number of carbonyl (C=O) groups excluding carboxylic acids is 1. The fourth-order valence-electron chi connectivity index (χ4n) is 2.19. The van der Waals surface area contributed by atoms with Crippen LogP contribution in [0.2, 0.25) is 0 Å². The molecule has 0 radical (unpaired) electrons. The van der Waals surface area contributed by atoms with Gasteiger partial charge in [-0.25, -0.2) is 4.79 Å². The van der Waals surface area contributed by atoms with Crippen molar-refractivity contribution in [1.29, 1.82) is 0 Å². The molecule has 19 heavy (non-hydrogen) atoms. The molecule has 0 spiro atoms. The smallest absolute Gasteiger partial charge is 0.331 e. The van der Waals surface area contributed by atoms with Gasteiger partial charge in [0.25, 0.3) is 5.56 Å². The Hall–Kier alpha value is -1.89. The molecule has 1 aliphatic rings. The lowest BCUT2D eigenvalue weighted by Gasteiger charge is -2.17. The third-order valence-corrected chi connectivity index (χ3v) is 3.46. The van der Waals surface area contributed by atoms with Crippen molar-refractivity contribution in [3.8, 4) is 0 Å². The van der Waals surface area contributed by atoms with Crippen LogP contribution in [0.5, 0.6) is 0 Å². The Morgan fingerprint density at radius 2 is 2.21 bits per heavy atom. The molecule has 1 amide bonds. The van der Waals surface area contributed by atoms with E-state index in [1.807, 2.05) is 0 Å². The molecule has 1 fully saturated rings. The molecule has 1 aromatic heterocycles. The minimum atomic E-state index is -0.501. The Balaban J connectivity index is 2.10. The van der Waals surface area contributed by atoms with Gasteiger partial charge in [0.05, 0.1) is 0 Å². The van der Waals surface area contributed by atoms with E-state index >= 15 is 0 Å². The highest BCUT2D eigenvalue weighted by molar-refractivity contribution is 5.76. The van der Waals surface area contributed by atoms with Gasteiger partial charge in [-0.05, 0) is 6.42 Å². The Morgan fingerprint density at radius 3 is 2.84 bits per heavy atom. The zero-order chi connectivity index (χ0) is 14.0. The zero-order valence-corrected chi connectivity index (χ0v) is 10.8. The standard InChI is InChI=1S/C12H17N3O4/c1-13-10(17)3-5-15(12(13)19)7-11(18)14-4-2-9(6-14)8-16/h3,5,9,16H,2,4,6-8H2,1H3. The minimum absolute atomic E-state index is 0.0730. The Bertz CT molecular complexity index is 589. The molecule has 1 aromatic rings. The molecule has 1 atom stereocenters. The molecule has 0 aliphatic carbocycles. The van der Waals surface area contributed by atoms with Gasteiger partial charge >= 0.3 is 5.69 Å². The molecule has 0 saturated carbocycles. The summed E-state index contributed by atoms with van der Waals surface area (Å²) in [6, 6.07) is 1.26. The van der Waals surface area contributed by atoms with Crippen molar-refractivity contribution < 1.29 is 9.90 Å². The molecule has 7 heteroatoms. The van der Waals surface area contributed by atoms with E-state index in [0.29, 0.717) is 13.1 Å². The predicted molar refractivity (Wildman–Crippen MR) is 67.7 cm³/mol. The van der Waals surface area contributed by atoms with Gasteiger partial charge in [-0.1, -0.05) is 0 Å². The van der Waals surface area contributed by atoms with Crippen LogP contribution in [0.1, 0.15) is 6.42 Å². The Morgan fingerprint density at radius 1 is 1.47 bits per heavy atom. The lowest BCUT2D eigenvalue weighted by molar-refractivity contribution is -0.131. The second kappa shape index (κ2) is 5.40. The Labute approximate surface area is 109 Å². The highest BCUT2D eigenvalue weighted by Crippen LogP contribution is 2.15. The first-order chi connectivity index (χ1) is 9.02. The molecule has 1 saturated heterocycles. The van der Waals surface area contributed by atoms with Crippen LogP contribution in [0.25, 0.3) is 0 Å². The number of likely N-dealkylation sites (tertiary alicyclic amines) is 1. The van der Waals surface area contributed by atoms with Gasteiger partial charge in [0, 0.05) is 44.9 Å². The summed E-state index contributed by atoms with van der Waals surface area (Å²) in [6.45, 7) is 1.12. The van der Waals surface area contributed by atoms with Gasteiger partial charge in [-0.3, -0.25) is 18.7 Å². The average molecular weight is 267 g/mol. The number of carbonyl (C=O) groups is 1. The second-order valence-electron chi connectivity index (χ2n) is 4.80. The van der Waals surface area contributed by atoms with E-state index < -0.39 is 11.2 Å². The van der Waals surface area contributed by atoms with E-state index in [4.69, 9.17) is 5.11 Å². The van der Waals surface area contributed by atoms with Crippen LogP contribution in [0.3, 0.4) is 0 Å². The molecule has 0 aromatic carbocycles. The molecule has 7 nitrogen and oxygen atoms in total. The SMILES string of the molecule is Cn1c(=O)ccn(CC(=O)N2CCC(CO)C2)c1=O. The van der Waals surface area contributed by atoms with Crippen LogP contribution in [-0.4, -0.2) is 44.7 Å². The second-order valence-corrected chi connectivity index (χ2v) is 4.80. The highest BCUT2D eigenvalue weighted by Gasteiger charge is 2.25. The fourth-order valence-corrected chi connectivity index (χ4v) is 2.19. The summed E-state index contributed by atoms with van der Waals surface area (Å²) in [5, 5.41) is 9.04. The van der Waals surface area contributed by atoms with E-state index in [-0.39, 0.29) is 25.0 Å². The lowest BCUT2D eigenvalue weighted by Crippen LogP contribution is -2.41. The van der Waals surface area contributed by atoms with Crippen LogP contribution >= 0.6 is 0 Å². The van der Waals surface area contributed by atoms with Gasteiger partial charge in [-0.2, -0.15) is 0 Å². The Kier molecular flexibility index (Phi) is 3.84. The fraction of sp³-hybridized carbons (Fsp3) is 0.583. The normalized spacial score (nSPS) is 18.8. The number of aliphatic hydroxyl groups excluding tert-OH is 1. The van der Waals surface area contributed by atoms with Crippen molar-refractivity contribution in [2.24, 2.45) is 13.0 Å². The molecule has 2 heterocycles. The van der Waals surface area contributed by atoms with Crippen LogP contribution < -0.4 is 11.2 Å². The van der Waals surface area contributed by atoms with Crippen molar-refractivity contribution >= 4 is 5.91 Å². The summed E-state index contributed by atoms with van der Waals surface area (Å²) in [6.07, 6.45) is 2.12. The van der Waals surface area contributed by atoms with Crippen LogP contribution in [0, 0.1) is 5.92 Å². The molecule has 1 unspecified atom stereocenters. The van der Waals surface area contributed by atoms with E-state index in [1.165, 1.54) is 23.9 Å². The van der Waals surface area contributed by atoms with Crippen LogP contribution in [0.4, 0.5) is 0 Å². The van der Waals surface area contributed by atoms with Crippen molar-refractivity contribution in [2.45, 2.75) is 13.0 Å². The van der Waals surface area contributed by atoms with E-state index in [1.54, 1.807) is 4.90 Å². The number of hydrogen-bond donors (Lipinski definition) is 1. The predicted octanol–water partition coefficient (Wildman–Crippen LogP) is -1.61.